The topological polar surface area (TPSA) is 75.7 Å². The van der Waals surface area contributed by atoms with E-state index in [4.69, 9.17) is 4.74 Å². The molecule has 1 aliphatic heterocycles. The maximum Gasteiger partial charge on any atom is 0.243 e. The molecule has 6 nitrogen and oxygen atoms in total. The summed E-state index contributed by atoms with van der Waals surface area (Å²) in [6.07, 6.45) is 2.07. The summed E-state index contributed by atoms with van der Waals surface area (Å²) >= 11 is 0. The van der Waals surface area contributed by atoms with Crippen LogP contribution >= 0.6 is 0 Å². The Bertz CT molecular complexity index is 723. The Labute approximate surface area is 157 Å². The molecule has 7 heteroatoms. The van der Waals surface area contributed by atoms with Gasteiger partial charge in [0.2, 0.25) is 15.9 Å². The van der Waals surface area contributed by atoms with E-state index in [1.807, 2.05) is 6.92 Å². The van der Waals surface area contributed by atoms with Crippen molar-refractivity contribution in [1.29, 1.82) is 0 Å². The summed E-state index contributed by atoms with van der Waals surface area (Å²) in [5, 5.41) is 2.97. The summed E-state index contributed by atoms with van der Waals surface area (Å²) in [5.74, 6) is 1.16. The van der Waals surface area contributed by atoms with Crippen LogP contribution in [0.1, 0.15) is 38.7 Å². The van der Waals surface area contributed by atoms with E-state index in [2.05, 4.69) is 19.2 Å². The molecular weight excluding hydrogens is 352 g/mol. The number of methoxy groups -OCH3 is 1. The van der Waals surface area contributed by atoms with E-state index in [1.54, 1.807) is 25.3 Å². The molecule has 146 valence electrons. The van der Waals surface area contributed by atoms with Crippen molar-refractivity contribution in [2.75, 3.05) is 26.7 Å². The number of piperidine rings is 1. The summed E-state index contributed by atoms with van der Waals surface area (Å²) in [4.78, 5) is 12.5. The second-order valence-electron chi connectivity index (χ2n) is 7.28. The van der Waals surface area contributed by atoms with Gasteiger partial charge in [-0.05, 0) is 55.9 Å². The molecule has 1 amide bonds. The first-order valence-corrected chi connectivity index (χ1v) is 10.6. The fourth-order valence-corrected chi connectivity index (χ4v) is 4.70. The van der Waals surface area contributed by atoms with Gasteiger partial charge in [0.05, 0.1) is 12.0 Å². The van der Waals surface area contributed by atoms with Gasteiger partial charge < -0.3 is 10.1 Å². The molecular formula is C19H30N2O4S. The highest BCUT2D eigenvalue weighted by molar-refractivity contribution is 7.89. The number of sulfonamides is 1. The smallest absolute Gasteiger partial charge is 0.243 e. The lowest BCUT2D eigenvalue weighted by Crippen LogP contribution is -2.43. The van der Waals surface area contributed by atoms with Gasteiger partial charge in [-0.3, -0.25) is 4.79 Å². The quantitative estimate of drug-likeness (QED) is 0.786. The first-order valence-electron chi connectivity index (χ1n) is 9.18. The number of ether oxygens (including phenoxy) is 1. The minimum atomic E-state index is -3.54. The third-order valence-corrected chi connectivity index (χ3v) is 6.74. The molecule has 0 atom stereocenters. The molecule has 1 N–H and O–H groups in total. The fourth-order valence-electron chi connectivity index (χ4n) is 3.15. The zero-order chi connectivity index (χ0) is 19.3. The summed E-state index contributed by atoms with van der Waals surface area (Å²) in [5.41, 5.74) is 0.785. The number of carbonyl (C=O) groups is 1. The molecule has 1 heterocycles. The van der Waals surface area contributed by atoms with E-state index in [9.17, 15) is 13.2 Å². The van der Waals surface area contributed by atoms with Crippen molar-refractivity contribution in [2.45, 2.75) is 44.9 Å². The first-order chi connectivity index (χ1) is 12.3. The average Bonchev–Trinajstić information content (AvgIpc) is 2.61. The van der Waals surface area contributed by atoms with Crippen molar-refractivity contribution in [3.05, 3.63) is 23.8 Å². The zero-order valence-corrected chi connectivity index (χ0v) is 16.9. The molecule has 1 aromatic carbocycles. The second-order valence-corrected chi connectivity index (χ2v) is 9.22. The maximum atomic E-state index is 12.8. The minimum absolute atomic E-state index is 0.0444. The Balaban J connectivity index is 1.96. The second kappa shape index (κ2) is 8.86. The number of amides is 1. The number of hydrogen-bond acceptors (Lipinski definition) is 4. The van der Waals surface area contributed by atoms with E-state index in [0.29, 0.717) is 44.1 Å². The Hall–Kier alpha value is -1.60. The van der Waals surface area contributed by atoms with Crippen molar-refractivity contribution in [2.24, 2.45) is 11.8 Å². The van der Waals surface area contributed by atoms with Crippen LogP contribution in [0.4, 0.5) is 0 Å². The SMILES string of the molecule is COc1ccc(S(=O)(=O)N2CCC(C(=O)NCCC(C)C)CC2)cc1C. The van der Waals surface area contributed by atoms with Gasteiger partial charge in [-0.15, -0.1) is 0 Å². The summed E-state index contributed by atoms with van der Waals surface area (Å²) < 4.78 is 32.4. The standard InChI is InChI=1S/C19H30N2O4S/c1-14(2)7-10-20-19(22)16-8-11-21(12-9-16)26(23,24)17-5-6-18(25-4)15(3)13-17/h5-6,13-14,16H,7-12H2,1-4H3,(H,20,22). The Morgan fingerprint density at radius 1 is 1.31 bits per heavy atom. The number of rotatable bonds is 7. The fraction of sp³-hybridized carbons (Fsp3) is 0.632. The van der Waals surface area contributed by atoms with Gasteiger partial charge in [-0.2, -0.15) is 4.31 Å². The molecule has 0 aromatic heterocycles. The lowest BCUT2D eigenvalue weighted by atomic mass is 9.97. The Kier molecular flexibility index (Phi) is 7.06. The number of aryl methyl sites for hydroxylation is 1. The summed E-state index contributed by atoms with van der Waals surface area (Å²) in [6.45, 7) is 7.49. The Morgan fingerprint density at radius 2 is 1.96 bits per heavy atom. The van der Waals surface area contributed by atoms with Gasteiger partial charge in [0, 0.05) is 25.6 Å². The highest BCUT2D eigenvalue weighted by Crippen LogP contribution is 2.27. The highest BCUT2D eigenvalue weighted by Gasteiger charge is 2.32. The third-order valence-electron chi connectivity index (χ3n) is 4.85. The van der Waals surface area contributed by atoms with E-state index < -0.39 is 10.0 Å². The van der Waals surface area contributed by atoms with Crippen LogP contribution < -0.4 is 10.1 Å². The number of nitrogens with zero attached hydrogens (tertiary/aromatic N) is 1. The van der Waals surface area contributed by atoms with Crippen LogP contribution in [0.5, 0.6) is 5.75 Å². The van der Waals surface area contributed by atoms with Crippen LogP contribution in [0.25, 0.3) is 0 Å². The predicted octanol–water partition coefficient (Wildman–Crippen LogP) is 2.57. The van der Waals surface area contributed by atoms with Crippen LogP contribution in [-0.4, -0.2) is 45.4 Å². The number of hydrogen-bond donors (Lipinski definition) is 1. The van der Waals surface area contributed by atoms with Crippen molar-refractivity contribution < 1.29 is 17.9 Å². The Morgan fingerprint density at radius 3 is 2.50 bits per heavy atom. The number of carbonyl (C=O) groups excluding carboxylic acids is 1. The largest absolute Gasteiger partial charge is 0.496 e. The van der Waals surface area contributed by atoms with Gasteiger partial charge >= 0.3 is 0 Å². The summed E-state index contributed by atoms with van der Waals surface area (Å²) in [6, 6.07) is 4.89. The minimum Gasteiger partial charge on any atom is -0.496 e. The molecule has 0 radical (unpaired) electrons. The molecule has 1 saturated heterocycles. The molecule has 26 heavy (non-hydrogen) atoms. The maximum absolute atomic E-state index is 12.8. The van der Waals surface area contributed by atoms with Crippen molar-refractivity contribution in [3.8, 4) is 5.75 Å². The first kappa shape index (κ1) is 20.7. The van der Waals surface area contributed by atoms with Crippen LogP contribution in [0, 0.1) is 18.8 Å². The number of nitrogens with one attached hydrogen (secondary N) is 1. The van der Waals surface area contributed by atoms with Crippen LogP contribution in [0.3, 0.4) is 0 Å². The molecule has 0 saturated carbocycles. The molecule has 1 fully saturated rings. The molecule has 1 aromatic rings. The normalized spacial score (nSPS) is 16.7. The van der Waals surface area contributed by atoms with Crippen LogP contribution in [0.15, 0.2) is 23.1 Å². The van der Waals surface area contributed by atoms with Gasteiger partial charge in [-0.1, -0.05) is 13.8 Å². The van der Waals surface area contributed by atoms with Crippen molar-refractivity contribution >= 4 is 15.9 Å². The van der Waals surface area contributed by atoms with Crippen LogP contribution in [-0.2, 0) is 14.8 Å². The van der Waals surface area contributed by atoms with Crippen molar-refractivity contribution in [3.63, 3.8) is 0 Å². The molecule has 1 aliphatic rings. The lowest BCUT2D eigenvalue weighted by Gasteiger charge is -2.30. The molecule has 2 rings (SSSR count). The van der Waals surface area contributed by atoms with Gasteiger partial charge in [-0.25, -0.2) is 8.42 Å². The zero-order valence-electron chi connectivity index (χ0n) is 16.1. The van der Waals surface area contributed by atoms with Crippen molar-refractivity contribution in [1.82, 2.24) is 9.62 Å². The highest BCUT2D eigenvalue weighted by atomic mass is 32.2. The molecule has 0 spiro atoms. The summed E-state index contributed by atoms with van der Waals surface area (Å²) in [7, 11) is -1.98. The van der Waals surface area contributed by atoms with Gasteiger partial charge in [0.1, 0.15) is 5.75 Å². The molecule has 0 unspecified atom stereocenters. The monoisotopic (exact) mass is 382 g/mol. The van der Waals surface area contributed by atoms with E-state index in [0.717, 1.165) is 12.0 Å². The molecule has 0 aliphatic carbocycles. The van der Waals surface area contributed by atoms with Crippen LogP contribution in [0.2, 0.25) is 0 Å². The average molecular weight is 383 g/mol. The van der Waals surface area contributed by atoms with E-state index in [-0.39, 0.29) is 16.7 Å². The lowest BCUT2D eigenvalue weighted by molar-refractivity contribution is -0.126. The van der Waals surface area contributed by atoms with E-state index >= 15 is 0 Å². The third kappa shape index (κ3) is 4.98. The predicted molar refractivity (Wildman–Crippen MR) is 102 cm³/mol. The van der Waals surface area contributed by atoms with E-state index in [1.165, 1.54) is 4.31 Å². The number of benzene rings is 1. The van der Waals surface area contributed by atoms with Gasteiger partial charge in [0.25, 0.3) is 0 Å². The van der Waals surface area contributed by atoms with Gasteiger partial charge in [0.15, 0.2) is 0 Å². The molecule has 0 bridgehead atoms.